The van der Waals surface area contributed by atoms with Gasteiger partial charge >= 0.3 is 0 Å². The van der Waals surface area contributed by atoms with Crippen LogP contribution in [0.5, 0.6) is 0 Å². The van der Waals surface area contributed by atoms with Crippen molar-refractivity contribution in [3.8, 4) is 0 Å². The number of carbonyl (C=O) groups is 2. The van der Waals surface area contributed by atoms with Crippen LogP contribution in [0, 0.1) is 0 Å². The van der Waals surface area contributed by atoms with Crippen molar-refractivity contribution in [3.05, 3.63) is 63.5 Å². The Morgan fingerprint density at radius 2 is 2.11 bits per heavy atom. The van der Waals surface area contributed by atoms with Crippen LogP contribution in [0.4, 0.5) is 5.69 Å². The second-order valence-electron chi connectivity index (χ2n) is 5.31. The van der Waals surface area contributed by atoms with Crippen LogP contribution in [-0.4, -0.2) is 28.6 Å². The van der Waals surface area contributed by atoms with E-state index in [4.69, 9.17) is 20.8 Å². The highest BCUT2D eigenvalue weighted by molar-refractivity contribution is 7.13. The number of ether oxygens (including phenoxy) is 1. The highest BCUT2D eigenvalue weighted by Crippen LogP contribution is 2.17. The molecule has 0 saturated heterocycles. The van der Waals surface area contributed by atoms with Gasteiger partial charge in [-0.05, 0) is 30.3 Å². The molecule has 0 saturated carbocycles. The smallest absolute Gasteiger partial charge is 0.286 e. The average Bonchev–Trinajstić information content (AvgIpc) is 3.32. The predicted molar refractivity (Wildman–Crippen MR) is 99.5 cm³/mol. The molecule has 0 unspecified atom stereocenters. The molecule has 0 aliphatic rings. The number of hydrogen-bond donors (Lipinski definition) is 2. The quantitative estimate of drug-likeness (QED) is 0.595. The van der Waals surface area contributed by atoms with Crippen molar-refractivity contribution >= 4 is 40.4 Å². The average molecular weight is 407 g/mol. The largest absolute Gasteiger partial charge is 0.467 e. The van der Waals surface area contributed by atoms with Crippen LogP contribution in [0.15, 0.2) is 47.1 Å². The summed E-state index contributed by atoms with van der Waals surface area (Å²) in [6.07, 6.45) is 1.54. The van der Waals surface area contributed by atoms with Crippen LogP contribution < -0.4 is 10.6 Å². The van der Waals surface area contributed by atoms with Gasteiger partial charge in [0, 0.05) is 10.7 Å². The van der Waals surface area contributed by atoms with Crippen molar-refractivity contribution in [1.82, 2.24) is 15.5 Å². The van der Waals surface area contributed by atoms with E-state index in [2.05, 4.69) is 20.8 Å². The molecule has 140 valence electrons. The second-order valence-corrected chi connectivity index (χ2v) is 6.81. The lowest BCUT2D eigenvalue weighted by Crippen LogP contribution is -2.26. The lowest BCUT2D eigenvalue weighted by Gasteiger charge is -2.03. The van der Waals surface area contributed by atoms with E-state index in [0.717, 1.165) is 11.3 Å². The number of furan rings is 1. The zero-order valence-corrected chi connectivity index (χ0v) is 15.5. The van der Waals surface area contributed by atoms with E-state index in [1.807, 2.05) is 0 Å². The number of rotatable bonds is 8. The summed E-state index contributed by atoms with van der Waals surface area (Å²) in [5, 5.41) is 14.3. The third-order valence-electron chi connectivity index (χ3n) is 3.24. The first kappa shape index (κ1) is 19.0. The van der Waals surface area contributed by atoms with E-state index in [1.54, 1.807) is 36.4 Å². The Kier molecular flexibility index (Phi) is 6.53. The molecule has 10 heteroatoms. The Labute approximate surface area is 163 Å². The fourth-order valence-electron chi connectivity index (χ4n) is 2.04. The number of halogens is 1. The van der Waals surface area contributed by atoms with Gasteiger partial charge in [0.15, 0.2) is 0 Å². The van der Waals surface area contributed by atoms with E-state index in [0.29, 0.717) is 28.0 Å². The molecule has 2 aromatic heterocycles. The zero-order valence-electron chi connectivity index (χ0n) is 14.0. The minimum atomic E-state index is -0.391. The maximum atomic E-state index is 12.2. The first-order valence-electron chi connectivity index (χ1n) is 7.86. The van der Waals surface area contributed by atoms with Crippen LogP contribution in [0.25, 0.3) is 0 Å². The van der Waals surface area contributed by atoms with Crippen molar-refractivity contribution in [2.45, 2.75) is 13.2 Å². The number of hydrogen-bond acceptors (Lipinski definition) is 7. The summed E-state index contributed by atoms with van der Waals surface area (Å²) >= 11 is 6.97. The molecule has 0 atom stereocenters. The highest BCUT2D eigenvalue weighted by atomic mass is 35.5. The van der Waals surface area contributed by atoms with Gasteiger partial charge in [0.2, 0.25) is 10.9 Å². The third kappa shape index (κ3) is 5.88. The molecule has 3 rings (SSSR count). The maximum Gasteiger partial charge on any atom is 0.286 e. The molecule has 2 amide bonds. The van der Waals surface area contributed by atoms with Gasteiger partial charge in [0.05, 0.1) is 12.8 Å². The zero-order chi connectivity index (χ0) is 19.1. The van der Waals surface area contributed by atoms with Gasteiger partial charge in [-0.15, -0.1) is 10.2 Å². The Hall–Kier alpha value is -2.75. The van der Waals surface area contributed by atoms with E-state index < -0.39 is 5.91 Å². The van der Waals surface area contributed by atoms with Crippen LogP contribution in [0.3, 0.4) is 0 Å². The second kappa shape index (κ2) is 9.26. The molecule has 0 aliphatic carbocycles. The first-order valence-corrected chi connectivity index (χ1v) is 9.06. The summed E-state index contributed by atoms with van der Waals surface area (Å²) in [5.41, 5.74) is 0.564. The number of amides is 2. The van der Waals surface area contributed by atoms with Crippen molar-refractivity contribution in [2.24, 2.45) is 0 Å². The summed E-state index contributed by atoms with van der Waals surface area (Å²) < 4.78 is 10.4. The van der Waals surface area contributed by atoms with Crippen LogP contribution >= 0.6 is 22.9 Å². The number of nitrogens with zero attached hydrogens (tertiary/aromatic N) is 2. The van der Waals surface area contributed by atoms with E-state index in [9.17, 15) is 9.59 Å². The van der Waals surface area contributed by atoms with Crippen molar-refractivity contribution in [3.63, 3.8) is 0 Å². The van der Waals surface area contributed by atoms with Gasteiger partial charge in [-0.25, -0.2) is 0 Å². The molecule has 0 bridgehead atoms. The molecule has 8 nitrogen and oxygen atoms in total. The van der Waals surface area contributed by atoms with Crippen LogP contribution in [0.2, 0.25) is 5.02 Å². The normalized spacial score (nSPS) is 10.6. The fourth-order valence-corrected chi connectivity index (χ4v) is 2.90. The van der Waals surface area contributed by atoms with E-state index in [-0.39, 0.29) is 24.1 Å². The number of nitrogens with one attached hydrogen (secondary N) is 2. The lowest BCUT2D eigenvalue weighted by atomic mass is 10.3. The Balaban J connectivity index is 1.42. The van der Waals surface area contributed by atoms with Crippen molar-refractivity contribution < 1.29 is 18.7 Å². The molecule has 0 radical (unpaired) electrons. The van der Waals surface area contributed by atoms with Gasteiger partial charge < -0.3 is 19.8 Å². The van der Waals surface area contributed by atoms with E-state index >= 15 is 0 Å². The van der Waals surface area contributed by atoms with Gasteiger partial charge in [-0.2, -0.15) is 0 Å². The topological polar surface area (TPSA) is 106 Å². The SMILES string of the molecule is O=C(COCc1nnc(C(=O)Nc2cccc(Cl)c2)s1)NCc1ccco1. The minimum absolute atomic E-state index is 0.0796. The summed E-state index contributed by atoms with van der Waals surface area (Å²) in [6, 6.07) is 10.3. The molecular formula is C17H15ClN4O4S. The molecule has 27 heavy (non-hydrogen) atoms. The summed E-state index contributed by atoms with van der Waals surface area (Å²) in [6.45, 7) is 0.239. The molecule has 2 heterocycles. The molecule has 0 aliphatic heterocycles. The molecule has 2 N–H and O–H groups in total. The predicted octanol–water partition coefficient (Wildman–Crippen LogP) is 2.87. The minimum Gasteiger partial charge on any atom is -0.467 e. The maximum absolute atomic E-state index is 12.2. The number of benzene rings is 1. The van der Waals surface area contributed by atoms with Crippen LogP contribution in [-0.2, 0) is 22.7 Å². The van der Waals surface area contributed by atoms with Gasteiger partial charge in [0.25, 0.3) is 5.91 Å². The molecule has 1 aromatic carbocycles. The number of aromatic nitrogens is 2. The summed E-state index contributed by atoms with van der Waals surface area (Å²) in [4.78, 5) is 23.8. The Morgan fingerprint density at radius 1 is 1.22 bits per heavy atom. The summed E-state index contributed by atoms with van der Waals surface area (Å²) in [5.74, 6) is -0.0186. The molecular weight excluding hydrogens is 392 g/mol. The van der Waals surface area contributed by atoms with Gasteiger partial charge in [-0.3, -0.25) is 9.59 Å². The molecule has 3 aromatic rings. The van der Waals surface area contributed by atoms with Gasteiger partial charge in [-0.1, -0.05) is 29.0 Å². The number of carbonyl (C=O) groups excluding carboxylic acids is 2. The highest BCUT2D eigenvalue weighted by Gasteiger charge is 2.14. The monoisotopic (exact) mass is 406 g/mol. The van der Waals surface area contributed by atoms with Crippen LogP contribution in [0.1, 0.15) is 20.6 Å². The first-order chi connectivity index (χ1) is 13.1. The fraction of sp³-hybridized carbons (Fsp3) is 0.176. The standard InChI is InChI=1S/C17H15ClN4O4S/c18-11-3-1-4-12(7-11)20-16(24)17-22-21-15(27-17)10-25-9-14(23)19-8-13-5-2-6-26-13/h1-7H,8-10H2,(H,19,23)(H,20,24). The lowest BCUT2D eigenvalue weighted by molar-refractivity contribution is -0.126. The Morgan fingerprint density at radius 3 is 2.89 bits per heavy atom. The van der Waals surface area contributed by atoms with Crippen molar-refractivity contribution in [2.75, 3.05) is 11.9 Å². The molecule has 0 fully saturated rings. The molecule has 0 spiro atoms. The van der Waals surface area contributed by atoms with Gasteiger partial charge in [0.1, 0.15) is 24.0 Å². The number of anilines is 1. The van der Waals surface area contributed by atoms with E-state index in [1.165, 1.54) is 6.26 Å². The summed E-state index contributed by atoms with van der Waals surface area (Å²) in [7, 11) is 0. The third-order valence-corrected chi connectivity index (χ3v) is 4.37. The Bertz CT molecular complexity index is 913. The van der Waals surface area contributed by atoms with Crippen molar-refractivity contribution in [1.29, 1.82) is 0 Å².